The largest absolute Gasteiger partial charge is 0.508 e. The second kappa shape index (κ2) is 5.20. The van der Waals surface area contributed by atoms with E-state index in [0.29, 0.717) is 5.75 Å². The van der Waals surface area contributed by atoms with Gasteiger partial charge in [0.1, 0.15) is 11.5 Å². The smallest absolute Gasteiger partial charge is 0.123 e. The number of phenolic OH excluding ortho intramolecular Hbond substituents is 1. The van der Waals surface area contributed by atoms with Crippen LogP contribution in [0.25, 0.3) is 0 Å². The van der Waals surface area contributed by atoms with E-state index in [2.05, 4.69) is 24.3 Å². The number of phenols is 1. The van der Waals surface area contributed by atoms with Gasteiger partial charge in [-0.15, -0.1) is 0 Å². The SMILES string of the molecule is COc1ccc(O)cc1C1(c2ccccc2)CCCC1. The Hall–Kier alpha value is -1.96. The molecule has 2 aromatic rings. The number of methoxy groups -OCH3 is 1. The van der Waals surface area contributed by atoms with E-state index >= 15 is 0 Å². The molecule has 1 aliphatic rings. The first kappa shape index (κ1) is 13.0. The molecule has 1 aliphatic carbocycles. The van der Waals surface area contributed by atoms with Crippen LogP contribution in [0.3, 0.4) is 0 Å². The Balaban J connectivity index is 2.19. The highest BCUT2D eigenvalue weighted by molar-refractivity contribution is 5.50. The zero-order valence-corrected chi connectivity index (χ0v) is 11.8. The molecule has 0 bridgehead atoms. The van der Waals surface area contributed by atoms with Crippen LogP contribution >= 0.6 is 0 Å². The van der Waals surface area contributed by atoms with Gasteiger partial charge in [-0.1, -0.05) is 43.2 Å². The highest BCUT2D eigenvalue weighted by Gasteiger charge is 2.39. The molecule has 2 heteroatoms. The van der Waals surface area contributed by atoms with Crippen molar-refractivity contribution < 1.29 is 9.84 Å². The number of ether oxygens (including phenoxy) is 1. The zero-order chi connectivity index (χ0) is 14.0. The van der Waals surface area contributed by atoms with E-state index < -0.39 is 0 Å². The minimum atomic E-state index is -0.0225. The zero-order valence-electron chi connectivity index (χ0n) is 11.8. The van der Waals surface area contributed by atoms with Crippen molar-refractivity contribution in [3.8, 4) is 11.5 Å². The van der Waals surface area contributed by atoms with Gasteiger partial charge in [0.25, 0.3) is 0 Å². The maximum Gasteiger partial charge on any atom is 0.123 e. The normalized spacial score (nSPS) is 17.1. The van der Waals surface area contributed by atoms with E-state index in [9.17, 15) is 5.11 Å². The van der Waals surface area contributed by atoms with Crippen molar-refractivity contribution in [1.29, 1.82) is 0 Å². The Morgan fingerprint density at radius 1 is 1.00 bits per heavy atom. The Kier molecular flexibility index (Phi) is 3.39. The number of rotatable bonds is 3. The fraction of sp³-hybridized carbons (Fsp3) is 0.333. The average molecular weight is 268 g/mol. The molecule has 2 nitrogen and oxygen atoms in total. The predicted octanol–water partition coefficient (Wildman–Crippen LogP) is 4.26. The molecule has 0 saturated heterocycles. The Morgan fingerprint density at radius 2 is 1.70 bits per heavy atom. The monoisotopic (exact) mass is 268 g/mol. The molecule has 0 aliphatic heterocycles. The molecule has 2 aromatic carbocycles. The summed E-state index contributed by atoms with van der Waals surface area (Å²) < 4.78 is 5.55. The van der Waals surface area contributed by atoms with Gasteiger partial charge in [-0.25, -0.2) is 0 Å². The summed E-state index contributed by atoms with van der Waals surface area (Å²) in [5, 5.41) is 9.90. The molecule has 0 heterocycles. The van der Waals surface area contributed by atoms with E-state index in [0.717, 1.165) is 24.2 Å². The minimum absolute atomic E-state index is 0.0225. The first-order valence-electron chi connectivity index (χ1n) is 7.19. The average Bonchev–Trinajstić information content (AvgIpc) is 2.99. The van der Waals surface area contributed by atoms with Crippen molar-refractivity contribution >= 4 is 0 Å². The first-order valence-corrected chi connectivity index (χ1v) is 7.19. The molecule has 20 heavy (non-hydrogen) atoms. The first-order chi connectivity index (χ1) is 9.76. The van der Waals surface area contributed by atoms with Gasteiger partial charge in [0, 0.05) is 11.0 Å². The van der Waals surface area contributed by atoms with Crippen molar-refractivity contribution in [2.45, 2.75) is 31.1 Å². The molecular weight excluding hydrogens is 248 g/mol. The van der Waals surface area contributed by atoms with Crippen LogP contribution in [0.5, 0.6) is 11.5 Å². The molecule has 104 valence electrons. The van der Waals surface area contributed by atoms with E-state index in [-0.39, 0.29) is 5.41 Å². The summed E-state index contributed by atoms with van der Waals surface area (Å²) in [5.74, 6) is 1.18. The predicted molar refractivity (Wildman–Crippen MR) is 80.3 cm³/mol. The lowest BCUT2D eigenvalue weighted by molar-refractivity contribution is 0.390. The van der Waals surface area contributed by atoms with Gasteiger partial charge in [-0.2, -0.15) is 0 Å². The van der Waals surface area contributed by atoms with Crippen molar-refractivity contribution in [3.05, 3.63) is 59.7 Å². The van der Waals surface area contributed by atoms with Crippen LogP contribution in [0, 0.1) is 0 Å². The fourth-order valence-corrected chi connectivity index (χ4v) is 3.52. The summed E-state index contributed by atoms with van der Waals surface area (Å²) >= 11 is 0. The van der Waals surface area contributed by atoms with Crippen molar-refractivity contribution in [2.24, 2.45) is 0 Å². The lowest BCUT2D eigenvalue weighted by Crippen LogP contribution is -2.24. The molecular formula is C18H20O2. The summed E-state index contributed by atoms with van der Waals surface area (Å²) in [7, 11) is 1.70. The summed E-state index contributed by atoms with van der Waals surface area (Å²) in [6.45, 7) is 0. The molecule has 0 unspecified atom stereocenters. The molecule has 0 atom stereocenters. The van der Waals surface area contributed by atoms with E-state index in [1.54, 1.807) is 13.2 Å². The van der Waals surface area contributed by atoms with Crippen LogP contribution in [0.2, 0.25) is 0 Å². The van der Waals surface area contributed by atoms with Gasteiger partial charge in [0.2, 0.25) is 0 Å². The van der Waals surface area contributed by atoms with E-state index in [1.165, 1.54) is 18.4 Å². The van der Waals surface area contributed by atoms with Crippen LogP contribution in [0.4, 0.5) is 0 Å². The highest BCUT2D eigenvalue weighted by Crippen LogP contribution is 2.49. The maximum atomic E-state index is 9.90. The van der Waals surface area contributed by atoms with Crippen LogP contribution in [0.15, 0.2) is 48.5 Å². The third-order valence-corrected chi connectivity index (χ3v) is 4.48. The Labute approximate surface area is 120 Å². The Bertz CT molecular complexity index is 584. The molecule has 1 N–H and O–H groups in total. The number of aromatic hydroxyl groups is 1. The van der Waals surface area contributed by atoms with Crippen molar-refractivity contribution in [1.82, 2.24) is 0 Å². The summed E-state index contributed by atoms with van der Waals surface area (Å²) in [6, 6.07) is 16.0. The van der Waals surface area contributed by atoms with Crippen LogP contribution in [0.1, 0.15) is 36.8 Å². The molecule has 0 amide bonds. The molecule has 3 rings (SSSR count). The van der Waals surface area contributed by atoms with Gasteiger partial charge >= 0.3 is 0 Å². The second-order valence-corrected chi connectivity index (χ2v) is 5.54. The van der Waals surface area contributed by atoms with Gasteiger partial charge in [0.15, 0.2) is 0 Å². The number of benzene rings is 2. The maximum absolute atomic E-state index is 9.90. The molecule has 0 radical (unpaired) electrons. The highest BCUT2D eigenvalue weighted by atomic mass is 16.5. The third kappa shape index (κ3) is 2.05. The topological polar surface area (TPSA) is 29.5 Å². The van der Waals surface area contributed by atoms with Crippen LogP contribution < -0.4 is 4.74 Å². The standard InChI is InChI=1S/C18H20O2/c1-20-17-10-9-15(19)13-16(17)18(11-5-6-12-18)14-7-3-2-4-8-14/h2-4,7-10,13,19H,5-6,11-12H2,1H3. The van der Waals surface area contributed by atoms with Gasteiger partial charge in [-0.05, 0) is 36.6 Å². The lowest BCUT2D eigenvalue weighted by atomic mass is 9.72. The second-order valence-electron chi connectivity index (χ2n) is 5.54. The summed E-state index contributed by atoms with van der Waals surface area (Å²) in [6.07, 6.45) is 4.65. The molecule has 1 fully saturated rings. The number of hydrogen-bond acceptors (Lipinski definition) is 2. The fourth-order valence-electron chi connectivity index (χ4n) is 3.52. The van der Waals surface area contributed by atoms with E-state index in [4.69, 9.17) is 4.74 Å². The minimum Gasteiger partial charge on any atom is -0.508 e. The van der Waals surface area contributed by atoms with Gasteiger partial charge < -0.3 is 9.84 Å². The summed E-state index contributed by atoms with van der Waals surface area (Å²) in [4.78, 5) is 0. The Morgan fingerprint density at radius 3 is 2.35 bits per heavy atom. The molecule has 0 spiro atoms. The molecule has 0 aromatic heterocycles. The molecule has 1 saturated carbocycles. The van der Waals surface area contributed by atoms with Gasteiger partial charge in [0.05, 0.1) is 7.11 Å². The summed E-state index contributed by atoms with van der Waals surface area (Å²) in [5.41, 5.74) is 2.41. The quantitative estimate of drug-likeness (QED) is 0.901. The third-order valence-electron chi connectivity index (χ3n) is 4.48. The lowest BCUT2D eigenvalue weighted by Gasteiger charge is -2.32. The van der Waals surface area contributed by atoms with Crippen molar-refractivity contribution in [3.63, 3.8) is 0 Å². The number of hydrogen-bond donors (Lipinski definition) is 1. The van der Waals surface area contributed by atoms with E-state index in [1.807, 2.05) is 18.2 Å². The van der Waals surface area contributed by atoms with Crippen LogP contribution in [-0.2, 0) is 5.41 Å². The van der Waals surface area contributed by atoms with Crippen molar-refractivity contribution in [2.75, 3.05) is 7.11 Å². The van der Waals surface area contributed by atoms with Gasteiger partial charge in [-0.3, -0.25) is 0 Å². The van der Waals surface area contributed by atoms with Crippen LogP contribution in [-0.4, -0.2) is 12.2 Å².